The Kier molecular flexibility index (Phi) is 3.97. The van der Waals surface area contributed by atoms with Crippen LogP contribution in [0, 0.1) is 0 Å². The molecule has 1 amide bonds. The highest BCUT2D eigenvalue weighted by molar-refractivity contribution is 5.91. The molecule has 1 aliphatic rings. The Morgan fingerprint density at radius 2 is 2.19 bits per heavy atom. The fourth-order valence-electron chi connectivity index (χ4n) is 2.87. The fourth-order valence-corrected chi connectivity index (χ4v) is 2.87. The van der Waals surface area contributed by atoms with Crippen LogP contribution in [0.4, 0.5) is 5.69 Å². The standard InChI is InChI=1S/C17H19N3O/c1-20-10-8-13-5-2-3-7-15(13)16(20)11-17(21)19-14-6-4-9-18-12-14/h2-7,9,12,16H,8,10-11H2,1H3,(H,19,21). The molecule has 0 fully saturated rings. The molecule has 0 aliphatic carbocycles. The number of rotatable bonds is 3. The second kappa shape index (κ2) is 6.06. The molecule has 21 heavy (non-hydrogen) atoms. The minimum absolute atomic E-state index is 0.0246. The van der Waals surface area contributed by atoms with Crippen molar-refractivity contribution in [1.29, 1.82) is 0 Å². The second-order valence-electron chi connectivity index (χ2n) is 5.44. The summed E-state index contributed by atoms with van der Waals surface area (Å²) in [6.45, 7) is 0.988. The molecule has 1 N–H and O–H groups in total. The first-order valence-electron chi connectivity index (χ1n) is 7.22. The van der Waals surface area contributed by atoms with Crippen LogP contribution in [-0.2, 0) is 11.2 Å². The monoisotopic (exact) mass is 281 g/mol. The smallest absolute Gasteiger partial charge is 0.226 e. The fraction of sp³-hybridized carbons (Fsp3) is 0.294. The van der Waals surface area contributed by atoms with Crippen molar-refractivity contribution in [3.05, 3.63) is 59.9 Å². The van der Waals surface area contributed by atoms with Crippen molar-refractivity contribution in [3.63, 3.8) is 0 Å². The Morgan fingerprint density at radius 1 is 1.33 bits per heavy atom. The average molecular weight is 281 g/mol. The maximum Gasteiger partial charge on any atom is 0.226 e. The largest absolute Gasteiger partial charge is 0.325 e. The number of fused-ring (bicyclic) bond motifs is 1. The van der Waals surface area contributed by atoms with Gasteiger partial charge in [0.05, 0.1) is 11.9 Å². The molecular weight excluding hydrogens is 262 g/mol. The van der Waals surface area contributed by atoms with Gasteiger partial charge >= 0.3 is 0 Å². The first kappa shape index (κ1) is 13.8. The van der Waals surface area contributed by atoms with E-state index in [9.17, 15) is 4.79 Å². The van der Waals surface area contributed by atoms with Crippen LogP contribution < -0.4 is 5.32 Å². The molecule has 0 bridgehead atoms. The van der Waals surface area contributed by atoms with Crippen LogP contribution in [0.5, 0.6) is 0 Å². The summed E-state index contributed by atoms with van der Waals surface area (Å²) in [7, 11) is 2.08. The average Bonchev–Trinajstić information content (AvgIpc) is 2.51. The molecular formula is C17H19N3O. The van der Waals surface area contributed by atoms with Crippen molar-refractivity contribution in [3.8, 4) is 0 Å². The van der Waals surface area contributed by atoms with Gasteiger partial charge in [0.1, 0.15) is 0 Å². The molecule has 0 radical (unpaired) electrons. The minimum Gasteiger partial charge on any atom is -0.325 e. The van der Waals surface area contributed by atoms with E-state index in [1.807, 2.05) is 18.2 Å². The highest BCUT2D eigenvalue weighted by atomic mass is 16.1. The van der Waals surface area contributed by atoms with E-state index < -0.39 is 0 Å². The number of anilines is 1. The first-order valence-corrected chi connectivity index (χ1v) is 7.22. The first-order chi connectivity index (χ1) is 10.2. The van der Waals surface area contributed by atoms with E-state index >= 15 is 0 Å². The summed E-state index contributed by atoms with van der Waals surface area (Å²) in [5, 5.41) is 2.91. The van der Waals surface area contributed by atoms with Gasteiger partial charge in [-0.15, -0.1) is 0 Å². The van der Waals surface area contributed by atoms with Crippen LogP contribution in [0.1, 0.15) is 23.6 Å². The van der Waals surface area contributed by atoms with Crippen molar-refractivity contribution in [2.75, 3.05) is 18.9 Å². The van der Waals surface area contributed by atoms with E-state index in [0.29, 0.717) is 6.42 Å². The van der Waals surface area contributed by atoms with Gasteiger partial charge < -0.3 is 5.32 Å². The van der Waals surface area contributed by atoms with E-state index in [4.69, 9.17) is 0 Å². The molecule has 1 aliphatic heterocycles. The van der Waals surface area contributed by atoms with Gasteiger partial charge in [0, 0.05) is 25.2 Å². The number of benzene rings is 1. The lowest BCUT2D eigenvalue weighted by Gasteiger charge is -2.34. The Hall–Kier alpha value is -2.20. The third kappa shape index (κ3) is 3.11. The summed E-state index contributed by atoms with van der Waals surface area (Å²) in [6, 6.07) is 12.2. The van der Waals surface area contributed by atoms with E-state index in [1.54, 1.807) is 12.4 Å². The number of likely N-dealkylation sites (N-methyl/N-ethyl adjacent to an activating group) is 1. The van der Waals surface area contributed by atoms with Crippen molar-refractivity contribution in [1.82, 2.24) is 9.88 Å². The number of aromatic nitrogens is 1. The summed E-state index contributed by atoms with van der Waals surface area (Å²) in [5.74, 6) is 0.0246. The van der Waals surface area contributed by atoms with E-state index in [0.717, 1.165) is 18.7 Å². The number of hydrogen-bond acceptors (Lipinski definition) is 3. The molecule has 3 rings (SSSR count). The van der Waals surface area contributed by atoms with Gasteiger partial charge in [-0.2, -0.15) is 0 Å². The second-order valence-corrected chi connectivity index (χ2v) is 5.44. The van der Waals surface area contributed by atoms with Crippen LogP contribution in [-0.4, -0.2) is 29.4 Å². The SMILES string of the molecule is CN1CCc2ccccc2C1CC(=O)Nc1cccnc1. The van der Waals surface area contributed by atoms with Crippen LogP contribution in [0.25, 0.3) is 0 Å². The van der Waals surface area contributed by atoms with E-state index in [-0.39, 0.29) is 11.9 Å². The van der Waals surface area contributed by atoms with Gasteiger partial charge in [0.25, 0.3) is 0 Å². The van der Waals surface area contributed by atoms with Crippen molar-refractivity contribution < 1.29 is 4.79 Å². The number of nitrogens with zero attached hydrogens (tertiary/aromatic N) is 2. The van der Waals surface area contributed by atoms with Crippen LogP contribution in [0.3, 0.4) is 0 Å². The molecule has 0 saturated heterocycles. The summed E-state index contributed by atoms with van der Waals surface area (Å²) < 4.78 is 0. The number of carbonyl (C=O) groups is 1. The lowest BCUT2D eigenvalue weighted by Crippen LogP contribution is -2.34. The zero-order valence-electron chi connectivity index (χ0n) is 12.1. The molecule has 1 aromatic carbocycles. The Labute approximate surface area is 124 Å². The molecule has 1 unspecified atom stereocenters. The molecule has 4 nitrogen and oxygen atoms in total. The summed E-state index contributed by atoms with van der Waals surface area (Å²) in [5.41, 5.74) is 3.37. The van der Waals surface area contributed by atoms with Gasteiger partial charge in [-0.1, -0.05) is 24.3 Å². The number of hydrogen-bond donors (Lipinski definition) is 1. The van der Waals surface area contributed by atoms with Gasteiger partial charge in [-0.3, -0.25) is 14.7 Å². The zero-order chi connectivity index (χ0) is 14.7. The molecule has 4 heteroatoms. The van der Waals surface area contributed by atoms with Crippen LogP contribution in [0.15, 0.2) is 48.8 Å². The van der Waals surface area contributed by atoms with Crippen LogP contribution >= 0.6 is 0 Å². The van der Waals surface area contributed by atoms with Crippen LogP contribution in [0.2, 0.25) is 0 Å². The Bertz CT molecular complexity index is 627. The van der Waals surface area contributed by atoms with Crippen molar-refractivity contribution in [2.45, 2.75) is 18.9 Å². The predicted octanol–water partition coefficient (Wildman–Crippen LogP) is 2.64. The molecule has 0 saturated carbocycles. The highest BCUT2D eigenvalue weighted by Crippen LogP contribution is 2.31. The van der Waals surface area contributed by atoms with Crippen molar-refractivity contribution in [2.24, 2.45) is 0 Å². The van der Waals surface area contributed by atoms with E-state index in [1.165, 1.54) is 11.1 Å². The summed E-state index contributed by atoms with van der Waals surface area (Å²) in [6.07, 6.45) is 4.87. The number of carbonyl (C=O) groups excluding carboxylic acids is 1. The zero-order valence-corrected chi connectivity index (χ0v) is 12.1. The summed E-state index contributed by atoms with van der Waals surface area (Å²) in [4.78, 5) is 18.5. The third-order valence-corrected chi connectivity index (χ3v) is 4.00. The number of amides is 1. The van der Waals surface area contributed by atoms with Gasteiger partial charge in [-0.25, -0.2) is 0 Å². The Balaban J connectivity index is 1.73. The van der Waals surface area contributed by atoms with Gasteiger partial charge in [-0.05, 0) is 36.7 Å². The normalized spacial score (nSPS) is 18.0. The minimum atomic E-state index is 0.0246. The molecule has 2 heterocycles. The predicted molar refractivity (Wildman–Crippen MR) is 83.0 cm³/mol. The molecule has 0 spiro atoms. The highest BCUT2D eigenvalue weighted by Gasteiger charge is 2.26. The van der Waals surface area contributed by atoms with Gasteiger partial charge in [0.15, 0.2) is 0 Å². The maximum absolute atomic E-state index is 12.3. The summed E-state index contributed by atoms with van der Waals surface area (Å²) >= 11 is 0. The number of nitrogens with one attached hydrogen (secondary N) is 1. The molecule has 1 atom stereocenters. The Morgan fingerprint density at radius 3 is 3.00 bits per heavy atom. The lowest BCUT2D eigenvalue weighted by molar-refractivity contribution is -0.117. The van der Waals surface area contributed by atoms with Gasteiger partial charge in [0.2, 0.25) is 5.91 Å². The molecule has 1 aromatic heterocycles. The molecule has 2 aromatic rings. The third-order valence-electron chi connectivity index (χ3n) is 4.00. The number of pyridine rings is 1. The maximum atomic E-state index is 12.3. The van der Waals surface area contributed by atoms with Crippen molar-refractivity contribution >= 4 is 11.6 Å². The topological polar surface area (TPSA) is 45.2 Å². The van der Waals surface area contributed by atoms with E-state index in [2.05, 4.69) is 40.4 Å². The lowest BCUT2D eigenvalue weighted by atomic mass is 9.91. The quantitative estimate of drug-likeness (QED) is 0.940. The molecule has 108 valence electrons.